The van der Waals surface area contributed by atoms with Crippen molar-refractivity contribution in [3.8, 4) is 22.5 Å². The molecule has 0 aliphatic heterocycles. The number of ether oxygens (including phenoxy) is 1. The highest BCUT2D eigenvalue weighted by Gasteiger charge is 2.42. The third-order valence-corrected chi connectivity index (χ3v) is 9.43. The van der Waals surface area contributed by atoms with Crippen molar-refractivity contribution in [2.75, 3.05) is 19.8 Å². The average Bonchev–Trinajstić information content (AvgIpc) is 3.68. The van der Waals surface area contributed by atoms with Gasteiger partial charge in [-0.1, -0.05) is 160 Å². The van der Waals surface area contributed by atoms with Gasteiger partial charge >= 0.3 is 5.97 Å². The Morgan fingerprint density at radius 3 is 1.87 bits per heavy atom. The van der Waals surface area contributed by atoms with Crippen molar-refractivity contribution in [2.24, 2.45) is 5.92 Å². The van der Waals surface area contributed by atoms with Gasteiger partial charge in [-0.2, -0.15) is 0 Å². The number of benzene rings is 5. The molecule has 6 aromatic rings. The number of rotatable bonds is 17. The second-order valence-corrected chi connectivity index (χ2v) is 13.4. The molecule has 0 fully saturated rings. The van der Waals surface area contributed by atoms with Crippen LogP contribution in [0.25, 0.3) is 22.5 Å². The number of carboxylic acids is 1. The van der Waals surface area contributed by atoms with Crippen molar-refractivity contribution in [3.05, 3.63) is 162 Å². The molecule has 9 nitrogen and oxygen atoms in total. The summed E-state index contributed by atoms with van der Waals surface area (Å²) in [4.78, 5) is 26.1. The minimum Gasteiger partial charge on any atom is -0.480 e. The zero-order valence-electron chi connectivity index (χ0n) is 30.2. The minimum atomic E-state index is -1.01. The van der Waals surface area contributed by atoms with Crippen molar-refractivity contribution >= 4 is 11.9 Å². The summed E-state index contributed by atoms with van der Waals surface area (Å²) < 4.78 is 7.27. The largest absolute Gasteiger partial charge is 0.480 e. The fourth-order valence-electron chi connectivity index (χ4n) is 6.94. The van der Waals surface area contributed by atoms with Gasteiger partial charge in [0.15, 0.2) is 5.82 Å². The van der Waals surface area contributed by atoms with Crippen LogP contribution in [0.5, 0.6) is 0 Å². The quantitative estimate of drug-likeness (QED) is 0.0954. The van der Waals surface area contributed by atoms with Crippen molar-refractivity contribution in [1.29, 1.82) is 0 Å². The first kappa shape index (κ1) is 36.8. The molecule has 9 heteroatoms. The van der Waals surface area contributed by atoms with E-state index in [1.54, 1.807) is 0 Å². The molecule has 6 rings (SSSR count). The molecule has 1 amide bonds. The van der Waals surface area contributed by atoms with Crippen LogP contribution in [0.3, 0.4) is 0 Å². The number of aliphatic carboxylic acids is 1. The van der Waals surface area contributed by atoms with Gasteiger partial charge in [0.05, 0.1) is 6.61 Å². The molecule has 1 atom stereocenters. The smallest absolute Gasteiger partial charge is 0.329 e. The van der Waals surface area contributed by atoms with Gasteiger partial charge < -0.3 is 14.7 Å². The predicted molar refractivity (Wildman–Crippen MR) is 206 cm³/mol. The summed E-state index contributed by atoms with van der Waals surface area (Å²) in [7, 11) is 0. The van der Waals surface area contributed by atoms with Crippen LogP contribution in [0.15, 0.2) is 140 Å². The Kier molecular flexibility index (Phi) is 12.2. The van der Waals surface area contributed by atoms with E-state index >= 15 is 0 Å². The van der Waals surface area contributed by atoms with E-state index in [0.717, 1.165) is 51.8 Å². The molecule has 1 aromatic heterocycles. The van der Waals surface area contributed by atoms with Crippen LogP contribution >= 0.6 is 0 Å². The number of carbonyl (C=O) groups excluding carboxylic acids is 1. The number of unbranched alkanes of at least 4 members (excludes halogenated alkanes) is 1. The Balaban J connectivity index is 1.37. The lowest BCUT2D eigenvalue weighted by Crippen LogP contribution is -2.39. The molecular weight excluding hydrogens is 663 g/mol. The molecule has 1 heterocycles. The Morgan fingerprint density at radius 2 is 1.32 bits per heavy atom. The molecule has 0 radical (unpaired) electrons. The second kappa shape index (κ2) is 17.5. The van der Waals surface area contributed by atoms with Gasteiger partial charge in [-0.15, -0.1) is 5.10 Å². The first-order valence-corrected chi connectivity index (χ1v) is 18.1. The molecule has 1 N–H and O–H groups in total. The number of tetrazole rings is 1. The average molecular weight is 708 g/mol. The van der Waals surface area contributed by atoms with Gasteiger partial charge in [0.25, 0.3) is 0 Å². The van der Waals surface area contributed by atoms with Crippen LogP contribution in [-0.4, -0.2) is 61.8 Å². The molecule has 0 bridgehead atoms. The number of hydrogen-bond donors (Lipinski definition) is 1. The van der Waals surface area contributed by atoms with E-state index in [1.807, 2.05) is 83.2 Å². The minimum absolute atomic E-state index is 0.0215. The Morgan fingerprint density at radius 1 is 0.774 bits per heavy atom. The van der Waals surface area contributed by atoms with E-state index in [-0.39, 0.29) is 25.0 Å². The maximum atomic E-state index is 13.3. The van der Waals surface area contributed by atoms with Crippen LogP contribution in [-0.2, 0) is 26.4 Å². The van der Waals surface area contributed by atoms with Crippen LogP contribution < -0.4 is 0 Å². The monoisotopic (exact) mass is 707 g/mol. The highest BCUT2D eigenvalue weighted by molar-refractivity contribution is 5.81. The lowest BCUT2D eigenvalue weighted by molar-refractivity contribution is -0.143. The highest BCUT2D eigenvalue weighted by Crippen LogP contribution is 2.43. The Hall–Kier alpha value is -5.93. The molecule has 0 aliphatic carbocycles. The van der Waals surface area contributed by atoms with Gasteiger partial charge in [0.1, 0.15) is 12.1 Å². The summed E-state index contributed by atoms with van der Waals surface area (Å²) in [5.41, 5.74) is 6.01. The first-order chi connectivity index (χ1) is 25.9. The molecule has 0 aliphatic rings. The van der Waals surface area contributed by atoms with Gasteiger partial charge in [-0.05, 0) is 56.1 Å². The van der Waals surface area contributed by atoms with Gasteiger partial charge in [-0.3, -0.25) is 4.79 Å². The second-order valence-electron chi connectivity index (χ2n) is 13.4. The molecule has 0 saturated heterocycles. The molecule has 0 spiro atoms. The number of carbonyl (C=O) groups is 2. The lowest BCUT2D eigenvalue weighted by Gasteiger charge is -2.36. The van der Waals surface area contributed by atoms with Crippen LogP contribution in [0.2, 0.25) is 0 Å². The molecule has 1 unspecified atom stereocenters. The lowest BCUT2D eigenvalue weighted by atomic mass is 9.77. The molecule has 0 saturated carbocycles. The number of hydrogen-bond acceptors (Lipinski definition) is 6. The predicted octanol–water partition coefficient (Wildman–Crippen LogP) is 8.10. The molecule has 53 heavy (non-hydrogen) atoms. The SMILES string of the molecule is CCCCC(=O)N(Cc1ccc(-c2ccccc2-c2nnnn2C(c2ccccc2)(c2ccccc2)c2ccccc2)cc1)CC(C)COCC(=O)O. The van der Waals surface area contributed by atoms with Crippen LogP contribution in [0.4, 0.5) is 0 Å². The highest BCUT2D eigenvalue weighted by atomic mass is 16.5. The van der Waals surface area contributed by atoms with Crippen molar-refractivity contribution in [3.63, 3.8) is 0 Å². The van der Waals surface area contributed by atoms with Gasteiger partial charge in [0.2, 0.25) is 5.91 Å². The zero-order chi connectivity index (χ0) is 37.0. The van der Waals surface area contributed by atoms with E-state index in [4.69, 9.17) is 15.1 Å². The molecule has 270 valence electrons. The molecular formula is C44H45N5O4. The Bertz CT molecular complexity index is 1970. The van der Waals surface area contributed by atoms with Gasteiger partial charge in [-0.25, -0.2) is 9.48 Å². The van der Waals surface area contributed by atoms with E-state index < -0.39 is 11.5 Å². The summed E-state index contributed by atoms with van der Waals surface area (Å²) in [6, 6.07) is 47.5. The number of nitrogens with zero attached hydrogens (tertiary/aromatic N) is 5. The van der Waals surface area contributed by atoms with Crippen molar-refractivity contribution < 1.29 is 19.4 Å². The number of aromatic nitrogens is 4. The van der Waals surface area contributed by atoms with Crippen LogP contribution in [0.1, 0.15) is 55.4 Å². The fourth-order valence-corrected chi connectivity index (χ4v) is 6.94. The fraction of sp³-hybridized carbons (Fsp3) is 0.250. The summed E-state index contributed by atoms with van der Waals surface area (Å²) in [6.45, 7) is 4.87. The van der Waals surface area contributed by atoms with Gasteiger partial charge in [0, 0.05) is 25.1 Å². The summed E-state index contributed by atoms with van der Waals surface area (Å²) >= 11 is 0. The summed E-state index contributed by atoms with van der Waals surface area (Å²) in [5.74, 6) is -0.328. The maximum absolute atomic E-state index is 13.3. The van der Waals surface area contributed by atoms with E-state index in [0.29, 0.717) is 25.3 Å². The molecule has 5 aromatic carbocycles. The number of amides is 1. The topological polar surface area (TPSA) is 110 Å². The van der Waals surface area contributed by atoms with Crippen molar-refractivity contribution in [1.82, 2.24) is 25.1 Å². The maximum Gasteiger partial charge on any atom is 0.329 e. The van der Waals surface area contributed by atoms with Crippen molar-refractivity contribution in [2.45, 2.75) is 45.2 Å². The Labute approximate surface area is 310 Å². The summed E-state index contributed by atoms with van der Waals surface area (Å²) in [5, 5.41) is 22.7. The summed E-state index contributed by atoms with van der Waals surface area (Å²) in [6.07, 6.45) is 2.21. The standard InChI is InChI=1S/C44H45N5O4/c1-3-4-24-41(50)48(29-33(2)31-53-32-42(51)52)30-34-25-27-35(28-26-34)39-22-14-15-23-40(39)43-45-46-47-49(43)44(36-16-8-5-9-17-36,37-18-10-6-11-19-37)38-20-12-7-13-21-38/h5-23,25-28,33H,3-4,24,29-32H2,1-2H3,(H,51,52). The third kappa shape index (κ3) is 8.42. The van der Waals surface area contributed by atoms with E-state index in [9.17, 15) is 9.59 Å². The van der Waals surface area contributed by atoms with Crippen LogP contribution in [0, 0.1) is 5.92 Å². The van der Waals surface area contributed by atoms with E-state index in [2.05, 4.69) is 90.0 Å². The number of carboxylic acid groups (broad SMARTS) is 1. The third-order valence-electron chi connectivity index (χ3n) is 9.43. The van der Waals surface area contributed by atoms with E-state index in [1.165, 1.54) is 0 Å². The zero-order valence-corrected chi connectivity index (χ0v) is 30.2. The first-order valence-electron chi connectivity index (χ1n) is 18.1. The normalized spacial score (nSPS) is 12.0.